The van der Waals surface area contributed by atoms with Crippen LogP contribution in [-0.4, -0.2) is 19.5 Å². The average Bonchev–Trinajstić information content (AvgIpc) is 2.34. The molecule has 1 atom stereocenters. The summed E-state index contributed by atoms with van der Waals surface area (Å²) in [5, 5.41) is 0. The average molecular weight is 260 g/mol. The predicted octanol–water partition coefficient (Wildman–Crippen LogP) is 3.56. The molecule has 0 aliphatic rings. The summed E-state index contributed by atoms with van der Waals surface area (Å²) in [6, 6.07) is 4.29. The summed E-state index contributed by atoms with van der Waals surface area (Å²) in [5.41, 5.74) is -0.449. The van der Waals surface area contributed by atoms with Crippen LogP contribution >= 0.6 is 0 Å². The van der Waals surface area contributed by atoms with E-state index in [1.54, 1.807) is 6.92 Å². The van der Waals surface area contributed by atoms with Crippen LogP contribution in [0, 0.1) is 5.92 Å². The summed E-state index contributed by atoms with van der Waals surface area (Å²) >= 11 is 0. The fourth-order valence-electron chi connectivity index (χ4n) is 1.53. The van der Waals surface area contributed by atoms with Crippen molar-refractivity contribution in [3.05, 3.63) is 35.4 Å². The molecule has 0 aromatic heterocycles. The Balaban J connectivity index is 2.76. The van der Waals surface area contributed by atoms with Gasteiger partial charge in [-0.3, -0.25) is 4.79 Å². The van der Waals surface area contributed by atoms with Gasteiger partial charge in [0.05, 0.1) is 5.56 Å². The summed E-state index contributed by atoms with van der Waals surface area (Å²) in [7, 11) is 1.54. The highest BCUT2D eigenvalue weighted by atomic mass is 19.4. The zero-order chi connectivity index (χ0) is 13.8. The quantitative estimate of drug-likeness (QED) is 0.757. The second kappa shape index (κ2) is 6.00. The van der Waals surface area contributed by atoms with E-state index in [9.17, 15) is 18.0 Å². The largest absolute Gasteiger partial charge is 0.416 e. The topological polar surface area (TPSA) is 26.3 Å². The van der Waals surface area contributed by atoms with Gasteiger partial charge in [-0.25, -0.2) is 0 Å². The summed E-state index contributed by atoms with van der Waals surface area (Å²) in [6.07, 6.45) is -3.82. The Morgan fingerprint density at radius 2 is 1.83 bits per heavy atom. The van der Waals surface area contributed by atoms with Gasteiger partial charge in [-0.2, -0.15) is 13.2 Å². The smallest absolute Gasteiger partial charge is 0.385 e. The zero-order valence-corrected chi connectivity index (χ0v) is 10.3. The van der Waals surface area contributed by atoms with Gasteiger partial charge in [-0.1, -0.05) is 19.1 Å². The maximum atomic E-state index is 12.3. The molecule has 0 heterocycles. The van der Waals surface area contributed by atoms with Gasteiger partial charge in [0.1, 0.15) is 0 Å². The molecule has 1 aromatic rings. The summed E-state index contributed by atoms with van der Waals surface area (Å²) in [6.45, 7) is 2.19. The van der Waals surface area contributed by atoms with E-state index in [-0.39, 0.29) is 11.7 Å². The number of rotatable bonds is 5. The lowest BCUT2D eigenvalue weighted by Crippen LogP contribution is -2.14. The van der Waals surface area contributed by atoms with E-state index in [1.165, 1.54) is 19.2 Å². The first-order valence-electron chi connectivity index (χ1n) is 5.56. The number of benzene rings is 1. The van der Waals surface area contributed by atoms with Crippen molar-refractivity contribution in [3.63, 3.8) is 0 Å². The van der Waals surface area contributed by atoms with E-state index >= 15 is 0 Å². The molecule has 0 radical (unpaired) electrons. The van der Waals surface area contributed by atoms with E-state index in [1.807, 2.05) is 0 Å². The SMILES string of the molecule is COCCC(C)C(=O)c1ccc(C(F)(F)F)cc1. The van der Waals surface area contributed by atoms with E-state index in [4.69, 9.17) is 4.74 Å². The number of alkyl halides is 3. The van der Waals surface area contributed by atoms with Crippen molar-refractivity contribution in [1.82, 2.24) is 0 Å². The molecular weight excluding hydrogens is 245 g/mol. The van der Waals surface area contributed by atoms with Crippen LogP contribution in [0.25, 0.3) is 0 Å². The molecule has 2 nitrogen and oxygen atoms in total. The number of methoxy groups -OCH3 is 1. The van der Waals surface area contributed by atoms with Gasteiger partial charge in [0.2, 0.25) is 0 Å². The van der Waals surface area contributed by atoms with Gasteiger partial charge in [0.25, 0.3) is 0 Å². The van der Waals surface area contributed by atoms with Gasteiger partial charge in [0, 0.05) is 25.2 Å². The number of carbonyl (C=O) groups is 1. The Labute approximate surface area is 104 Å². The molecule has 0 fully saturated rings. The number of carbonyl (C=O) groups excluding carboxylic acids is 1. The fourth-order valence-corrected chi connectivity index (χ4v) is 1.53. The molecule has 0 bridgehead atoms. The molecule has 1 rings (SSSR count). The zero-order valence-electron chi connectivity index (χ0n) is 10.3. The second-order valence-corrected chi connectivity index (χ2v) is 4.12. The van der Waals surface area contributed by atoms with Gasteiger partial charge in [-0.15, -0.1) is 0 Å². The molecular formula is C13H15F3O2. The normalized spacial score (nSPS) is 13.4. The van der Waals surface area contributed by atoms with Crippen molar-refractivity contribution in [1.29, 1.82) is 0 Å². The Morgan fingerprint density at radius 3 is 2.28 bits per heavy atom. The fraction of sp³-hybridized carbons (Fsp3) is 0.462. The molecule has 0 saturated heterocycles. The molecule has 0 N–H and O–H groups in total. The molecule has 1 aromatic carbocycles. The van der Waals surface area contributed by atoms with E-state index < -0.39 is 11.7 Å². The van der Waals surface area contributed by atoms with Crippen LogP contribution in [0.3, 0.4) is 0 Å². The van der Waals surface area contributed by atoms with Gasteiger partial charge in [-0.05, 0) is 18.6 Å². The number of hydrogen-bond donors (Lipinski definition) is 0. The van der Waals surface area contributed by atoms with Gasteiger partial charge >= 0.3 is 6.18 Å². The minimum atomic E-state index is -4.37. The molecule has 0 aliphatic carbocycles. The van der Waals surface area contributed by atoms with Crippen LogP contribution in [0.2, 0.25) is 0 Å². The standard InChI is InChI=1S/C13H15F3O2/c1-9(7-8-18-2)12(17)10-3-5-11(6-4-10)13(14,15)16/h3-6,9H,7-8H2,1-2H3. The third-order valence-corrected chi connectivity index (χ3v) is 2.70. The van der Waals surface area contributed by atoms with Gasteiger partial charge in [0.15, 0.2) is 5.78 Å². The lowest BCUT2D eigenvalue weighted by atomic mass is 9.96. The van der Waals surface area contributed by atoms with E-state index in [0.29, 0.717) is 18.6 Å². The third-order valence-electron chi connectivity index (χ3n) is 2.70. The Bertz CT molecular complexity index is 396. The van der Waals surface area contributed by atoms with Gasteiger partial charge < -0.3 is 4.74 Å². The molecule has 0 amide bonds. The highest BCUT2D eigenvalue weighted by molar-refractivity contribution is 5.97. The highest BCUT2D eigenvalue weighted by Crippen LogP contribution is 2.29. The maximum absolute atomic E-state index is 12.3. The number of ketones is 1. The first kappa shape index (κ1) is 14.7. The molecule has 0 spiro atoms. The Morgan fingerprint density at radius 1 is 1.28 bits per heavy atom. The van der Waals surface area contributed by atoms with Crippen LogP contribution in [0.1, 0.15) is 29.3 Å². The van der Waals surface area contributed by atoms with Crippen molar-refractivity contribution >= 4 is 5.78 Å². The number of ether oxygens (including phenoxy) is 1. The number of halogens is 3. The molecule has 18 heavy (non-hydrogen) atoms. The first-order chi connectivity index (χ1) is 8.36. The van der Waals surface area contributed by atoms with Crippen molar-refractivity contribution < 1.29 is 22.7 Å². The number of hydrogen-bond acceptors (Lipinski definition) is 2. The lowest BCUT2D eigenvalue weighted by molar-refractivity contribution is -0.137. The number of Topliss-reactive ketones (excluding diaryl/α,β-unsaturated/α-hetero) is 1. The summed E-state index contributed by atoms with van der Waals surface area (Å²) in [4.78, 5) is 11.9. The van der Waals surface area contributed by atoms with Crippen LogP contribution in [0.15, 0.2) is 24.3 Å². The van der Waals surface area contributed by atoms with E-state index in [0.717, 1.165) is 12.1 Å². The molecule has 0 saturated carbocycles. The summed E-state index contributed by atoms with van der Waals surface area (Å²) < 4.78 is 41.9. The van der Waals surface area contributed by atoms with E-state index in [2.05, 4.69) is 0 Å². The third kappa shape index (κ3) is 3.84. The second-order valence-electron chi connectivity index (χ2n) is 4.12. The van der Waals surface area contributed by atoms with Crippen molar-refractivity contribution in [2.24, 2.45) is 5.92 Å². The van der Waals surface area contributed by atoms with Crippen LogP contribution in [-0.2, 0) is 10.9 Å². The van der Waals surface area contributed by atoms with Crippen LogP contribution in [0.4, 0.5) is 13.2 Å². The predicted molar refractivity (Wildman–Crippen MR) is 61.4 cm³/mol. The first-order valence-corrected chi connectivity index (χ1v) is 5.56. The molecule has 0 aliphatic heterocycles. The monoisotopic (exact) mass is 260 g/mol. The molecule has 5 heteroatoms. The van der Waals surface area contributed by atoms with Crippen molar-refractivity contribution in [3.8, 4) is 0 Å². The summed E-state index contributed by atoms with van der Waals surface area (Å²) in [5.74, 6) is -0.428. The van der Waals surface area contributed by atoms with Crippen LogP contribution in [0.5, 0.6) is 0 Å². The highest BCUT2D eigenvalue weighted by Gasteiger charge is 2.30. The van der Waals surface area contributed by atoms with Crippen molar-refractivity contribution in [2.45, 2.75) is 19.5 Å². The molecule has 1 unspecified atom stereocenters. The van der Waals surface area contributed by atoms with Crippen LogP contribution < -0.4 is 0 Å². The molecule has 100 valence electrons. The lowest BCUT2D eigenvalue weighted by Gasteiger charge is -2.11. The minimum absolute atomic E-state index is 0.166. The Kier molecular flexibility index (Phi) is 4.90. The Hall–Kier alpha value is -1.36. The minimum Gasteiger partial charge on any atom is -0.385 e. The van der Waals surface area contributed by atoms with Crippen molar-refractivity contribution in [2.75, 3.05) is 13.7 Å². The maximum Gasteiger partial charge on any atom is 0.416 e.